The molecule has 1 fully saturated rings. The predicted octanol–water partition coefficient (Wildman–Crippen LogP) is 6.47. The lowest BCUT2D eigenvalue weighted by molar-refractivity contribution is 0.205. The van der Waals surface area contributed by atoms with Crippen molar-refractivity contribution in [2.24, 2.45) is 0 Å². The van der Waals surface area contributed by atoms with E-state index in [9.17, 15) is 4.79 Å². The Morgan fingerprint density at radius 2 is 1.88 bits per heavy atom. The normalized spacial score (nSPS) is 15.7. The quantitative estimate of drug-likeness (QED) is 0.251. The summed E-state index contributed by atoms with van der Waals surface area (Å²) in [5.74, 6) is 0.861. The van der Waals surface area contributed by atoms with E-state index in [0.29, 0.717) is 17.0 Å². The molecule has 0 unspecified atom stereocenters. The third-order valence-electron chi connectivity index (χ3n) is 6.03. The van der Waals surface area contributed by atoms with Gasteiger partial charge in [-0.25, -0.2) is 4.68 Å². The van der Waals surface area contributed by atoms with E-state index in [1.165, 1.54) is 32.4 Å². The third kappa shape index (κ3) is 6.38. The molecular weight excluding hydrogens is 466 g/mol. The minimum atomic E-state index is -0.0759. The first-order valence-corrected chi connectivity index (χ1v) is 13.2. The zero-order valence-electron chi connectivity index (χ0n) is 19.9. The van der Waals surface area contributed by atoms with E-state index in [-0.39, 0.29) is 5.56 Å². The molecule has 0 spiro atoms. The highest BCUT2D eigenvalue weighted by molar-refractivity contribution is 7.17. The third-order valence-corrected chi connectivity index (χ3v) is 7.07. The Kier molecular flexibility index (Phi) is 8.59. The molecule has 0 N–H and O–H groups in total. The van der Waals surface area contributed by atoms with Crippen LogP contribution in [0.15, 0.2) is 63.3 Å². The molecule has 0 amide bonds. The highest BCUT2D eigenvalue weighted by Crippen LogP contribution is 2.30. The fourth-order valence-corrected chi connectivity index (χ4v) is 5.18. The van der Waals surface area contributed by atoms with Crippen molar-refractivity contribution in [2.45, 2.75) is 46.1 Å². The Balaban J connectivity index is 1.47. The number of ether oxygens (including phenoxy) is 1. The number of hydrogen-bond donors (Lipinski definition) is 0. The van der Waals surface area contributed by atoms with Gasteiger partial charge in [-0.1, -0.05) is 29.7 Å². The summed E-state index contributed by atoms with van der Waals surface area (Å²) in [5, 5.41) is 8.08. The first-order chi connectivity index (χ1) is 16.5. The van der Waals surface area contributed by atoms with Crippen LogP contribution in [0.1, 0.15) is 39.5 Å². The lowest BCUT2D eigenvalue weighted by Crippen LogP contribution is -2.31. The molecule has 1 aromatic carbocycles. The lowest BCUT2D eigenvalue weighted by atomic mass is 10.1. The van der Waals surface area contributed by atoms with Crippen molar-refractivity contribution < 1.29 is 4.74 Å². The van der Waals surface area contributed by atoms with Crippen molar-refractivity contribution in [3.8, 4) is 17.0 Å². The van der Waals surface area contributed by atoms with E-state index in [1.807, 2.05) is 61.7 Å². The molecule has 0 atom stereocenters. The van der Waals surface area contributed by atoms with Crippen LogP contribution in [0, 0.1) is 0 Å². The average Bonchev–Trinajstić information content (AvgIpc) is 3.34. The molecule has 0 bridgehead atoms. The van der Waals surface area contributed by atoms with E-state index in [4.69, 9.17) is 21.4 Å². The van der Waals surface area contributed by atoms with Crippen LogP contribution in [0.25, 0.3) is 21.3 Å². The number of benzene rings is 1. The van der Waals surface area contributed by atoms with E-state index < -0.39 is 0 Å². The van der Waals surface area contributed by atoms with Crippen LogP contribution in [0.5, 0.6) is 5.75 Å². The molecule has 180 valence electrons. The number of nitrogens with zero attached hydrogens (tertiary/aromatic N) is 3. The molecule has 0 radical (unpaired) electrons. The van der Waals surface area contributed by atoms with Gasteiger partial charge in [-0.05, 0) is 88.0 Å². The molecule has 3 heterocycles. The summed E-state index contributed by atoms with van der Waals surface area (Å²) in [6.07, 6.45) is 8.80. The van der Waals surface area contributed by atoms with Gasteiger partial charge in [0.15, 0.2) is 0 Å². The second-order valence-electron chi connectivity index (χ2n) is 8.87. The fourth-order valence-electron chi connectivity index (χ4n) is 4.22. The second kappa shape index (κ2) is 11.8. The van der Waals surface area contributed by atoms with Gasteiger partial charge in [0.1, 0.15) is 11.4 Å². The predicted molar refractivity (Wildman–Crippen MR) is 143 cm³/mol. The minimum absolute atomic E-state index is 0.0759. The number of hydrogen-bond acceptors (Lipinski definition) is 5. The fraction of sp³-hybridized carbons (Fsp3) is 0.407. The molecule has 34 heavy (non-hydrogen) atoms. The van der Waals surface area contributed by atoms with Crippen LogP contribution in [0.2, 0.25) is 0 Å². The first-order valence-electron chi connectivity index (χ1n) is 11.9. The van der Waals surface area contributed by atoms with Crippen LogP contribution < -0.4 is 10.3 Å². The first kappa shape index (κ1) is 24.7. The van der Waals surface area contributed by atoms with Crippen molar-refractivity contribution in [3.05, 3.63) is 68.8 Å². The van der Waals surface area contributed by atoms with Crippen molar-refractivity contribution in [3.63, 3.8) is 0 Å². The molecule has 1 saturated heterocycles. The maximum atomic E-state index is 13.0. The van der Waals surface area contributed by atoms with Crippen LogP contribution in [-0.4, -0.2) is 40.9 Å². The van der Waals surface area contributed by atoms with Gasteiger partial charge in [-0.2, -0.15) is 5.10 Å². The van der Waals surface area contributed by atoms with Gasteiger partial charge in [-0.15, -0.1) is 11.3 Å². The SMILES string of the molecule is C/C(Cl)=C\C=C(/C)Cn1nc(-c2ccc(OCCCN3CCCCC3)cc2)c2sccc2c1=O. The highest BCUT2D eigenvalue weighted by atomic mass is 35.5. The van der Waals surface area contributed by atoms with Gasteiger partial charge in [0, 0.05) is 17.1 Å². The number of thiophene rings is 1. The van der Waals surface area contributed by atoms with Crippen molar-refractivity contribution in [1.82, 2.24) is 14.7 Å². The van der Waals surface area contributed by atoms with Gasteiger partial charge in [0.2, 0.25) is 0 Å². The topological polar surface area (TPSA) is 47.4 Å². The van der Waals surface area contributed by atoms with Gasteiger partial charge in [-0.3, -0.25) is 4.79 Å². The number of rotatable bonds is 9. The minimum Gasteiger partial charge on any atom is -0.494 e. The monoisotopic (exact) mass is 497 g/mol. The summed E-state index contributed by atoms with van der Waals surface area (Å²) in [6.45, 7) is 8.48. The van der Waals surface area contributed by atoms with Gasteiger partial charge < -0.3 is 9.64 Å². The van der Waals surface area contributed by atoms with Crippen molar-refractivity contribution in [2.75, 3.05) is 26.2 Å². The average molecular weight is 498 g/mol. The van der Waals surface area contributed by atoms with Crippen LogP contribution in [0.4, 0.5) is 0 Å². The smallest absolute Gasteiger partial charge is 0.275 e. The Morgan fingerprint density at radius 1 is 1.12 bits per heavy atom. The van der Waals surface area contributed by atoms with E-state index in [2.05, 4.69) is 4.90 Å². The molecule has 0 aliphatic carbocycles. The maximum absolute atomic E-state index is 13.0. The Hall–Kier alpha value is -2.41. The molecule has 4 rings (SSSR count). The molecule has 7 heteroatoms. The number of allylic oxidation sites excluding steroid dienone is 4. The molecule has 0 saturated carbocycles. The molecule has 1 aliphatic rings. The van der Waals surface area contributed by atoms with Gasteiger partial charge >= 0.3 is 0 Å². The van der Waals surface area contributed by atoms with Crippen LogP contribution >= 0.6 is 22.9 Å². The summed E-state index contributed by atoms with van der Waals surface area (Å²) in [6, 6.07) is 9.92. The van der Waals surface area contributed by atoms with E-state index in [1.54, 1.807) is 16.0 Å². The molecule has 3 aromatic rings. The standard InChI is InChI=1S/C27H32ClN3O2S/c1-20(7-8-21(2)28)19-31-27(32)24-13-18-34-26(24)25(29-31)22-9-11-23(12-10-22)33-17-6-16-30-14-4-3-5-15-30/h7-13,18H,3-6,14-17,19H2,1-2H3/b20-7+,21-8+. The number of aromatic nitrogens is 2. The van der Waals surface area contributed by atoms with Crippen LogP contribution in [-0.2, 0) is 6.54 Å². The van der Waals surface area contributed by atoms with Crippen molar-refractivity contribution in [1.29, 1.82) is 0 Å². The molecule has 2 aromatic heterocycles. The van der Waals surface area contributed by atoms with E-state index in [0.717, 1.165) is 46.9 Å². The summed E-state index contributed by atoms with van der Waals surface area (Å²) in [7, 11) is 0. The molecule has 5 nitrogen and oxygen atoms in total. The Bertz CT molecular complexity index is 1220. The Morgan fingerprint density at radius 3 is 2.62 bits per heavy atom. The van der Waals surface area contributed by atoms with Gasteiger partial charge in [0.05, 0.1) is 23.2 Å². The van der Waals surface area contributed by atoms with E-state index >= 15 is 0 Å². The number of piperidine rings is 1. The molecule has 1 aliphatic heterocycles. The summed E-state index contributed by atoms with van der Waals surface area (Å²) < 4.78 is 8.43. The lowest BCUT2D eigenvalue weighted by Gasteiger charge is -2.26. The van der Waals surface area contributed by atoms with Gasteiger partial charge in [0.25, 0.3) is 5.56 Å². The summed E-state index contributed by atoms with van der Waals surface area (Å²) >= 11 is 7.48. The second-order valence-corrected chi connectivity index (χ2v) is 10.4. The zero-order chi connectivity index (χ0) is 23.9. The number of likely N-dealkylation sites (tertiary alicyclic amines) is 1. The number of fused-ring (bicyclic) bond motifs is 1. The Labute approximate surface area is 210 Å². The number of halogens is 1. The largest absolute Gasteiger partial charge is 0.494 e. The summed E-state index contributed by atoms with van der Waals surface area (Å²) in [4.78, 5) is 15.5. The van der Waals surface area contributed by atoms with Crippen molar-refractivity contribution >= 4 is 33.0 Å². The van der Waals surface area contributed by atoms with Crippen LogP contribution in [0.3, 0.4) is 0 Å². The highest BCUT2D eigenvalue weighted by Gasteiger charge is 2.14. The maximum Gasteiger partial charge on any atom is 0.275 e. The molecular formula is C27H32ClN3O2S. The summed E-state index contributed by atoms with van der Waals surface area (Å²) in [5.41, 5.74) is 2.72. The zero-order valence-corrected chi connectivity index (χ0v) is 21.5.